The largest absolute Gasteiger partial charge is 0.272 e. The van der Waals surface area contributed by atoms with E-state index in [0.29, 0.717) is 18.0 Å². The van der Waals surface area contributed by atoms with E-state index in [-0.39, 0.29) is 10.9 Å². The number of hydrogen-bond donors (Lipinski definition) is 0. The number of amides is 1. The fourth-order valence-corrected chi connectivity index (χ4v) is 2.87. The number of halogens is 2. The maximum Gasteiger partial charge on any atom is 0.253 e. The molecule has 1 aromatic rings. The lowest BCUT2D eigenvalue weighted by Crippen LogP contribution is -2.19. The number of carbonyl (C=O) groups excluding carboxylic acids is 1. The number of anilines is 1. The van der Waals surface area contributed by atoms with E-state index in [2.05, 4.69) is 5.10 Å². The summed E-state index contributed by atoms with van der Waals surface area (Å²) in [5, 5.41) is 5.73. The predicted molar refractivity (Wildman–Crippen MR) is 72.9 cm³/mol. The van der Waals surface area contributed by atoms with Gasteiger partial charge in [0.05, 0.1) is 22.8 Å². The Morgan fingerprint density at radius 1 is 1.32 bits per heavy atom. The van der Waals surface area contributed by atoms with Crippen LogP contribution in [0.5, 0.6) is 0 Å². The molecule has 0 spiro atoms. The van der Waals surface area contributed by atoms with Gasteiger partial charge in [0.2, 0.25) is 0 Å². The lowest BCUT2D eigenvalue weighted by molar-refractivity contribution is -0.116. The van der Waals surface area contributed by atoms with Crippen LogP contribution in [0, 0.1) is 11.7 Å². The van der Waals surface area contributed by atoms with Crippen LogP contribution in [0.15, 0.2) is 23.3 Å². The Bertz CT molecular complexity index is 552. The molecule has 0 atom stereocenters. The Labute approximate surface area is 116 Å². The van der Waals surface area contributed by atoms with Crippen LogP contribution >= 0.6 is 11.6 Å². The summed E-state index contributed by atoms with van der Waals surface area (Å²) in [6, 6.07) is 4.31. The highest BCUT2D eigenvalue weighted by atomic mass is 35.5. The van der Waals surface area contributed by atoms with Crippen LogP contribution in [-0.4, -0.2) is 11.6 Å². The number of hydrazone groups is 1. The molecule has 1 aliphatic carbocycles. The van der Waals surface area contributed by atoms with Crippen LogP contribution in [-0.2, 0) is 4.79 Å². The van der Waals surface area contributed by atoms with E-state index in [1.165, 1.54) is 30.0 Å². The molecule has 2 aliphatic rings. The van der Waals surface area contributed by atoms with E-state index in [4.69, 9.17) is 11.6 Å². The molecule has 1 saturated carbocycles. The van der Waals surface area contributed by atoms with Gasteiger partial charge in [0.15, 0.2) is 0 Å². The average molecular weight is 281 g/mol. The smallest absolute Gasteiger partial charge is 0.253 e. The van der Waals surface area contributed by atoms with Gasteiger partial charge in [0.1, 0.15) is 5.82 Å². The van der Waals surface area contributed by atoms with Crippen LogP contribution in [0.1, 0.15) is 32.1 Å². The van der Waals surface area contributed by atoms with Crippen molar-refractivity contribution in [3.63, 3.8) is 0 Å². The Hall–Kier alpha value is -1.42. The molecule has 3 rings (SSSR count). The van der Waals surface area contributed by atoms with Crippen LogP contribution < -0.4 is 5.01 Å². The molecule has 0 bridgehead atoms. The highest BCUT2D eigenvalue weighted by Gasteiger charge is 2.31. The quantitative estimate of drug-likeness (QED) is 0.812. The molecule has 1 fully saturated rings. The summed E-state index contributed by atoms with van der Waals surface area (Å²) in [6.45, 7) is 0. The molecule has 3 nitrogen and oxygen atoms in total. The first-order valence-corrected chi connectivity index (χ1v) is 6.88. The first-order valence-electron chi connectivity index (χ1n) is 6.50. The first kappa shape index (κ1) is 12.6. The van der Waals surface area contributed by atoms with Crippen molar-refractivity contribution in [3.8, 4) is 0 Å². The Morgan fingerprint density at radius 3 is 2.74 bits per heavy atom. The number of benzene rings is 1. The standard InChI is InChI=1S/C14H14ClFN2O/c15-11-6-5-10(7-12(11)16)18-14(19)8-13(17-18)9-3-1-2-4-9/h5-7,9H,1-4,8H2. The lowest BCUT2D eigenvalue weighted by Gasteiger charge is -2.12. The molecule has 1 aliphatic heterocycles. The number of carbonyl (C=O) groups is 1. The Morgan fingerprint density at radius 2 is 2.05 bits per heavy atom. The molecule has 0 unspecified atom stereocenters. The second-order valence-corrected chi connectivity index (χ2v) is 5.46. The molecule has 1 amide bonds. The van der Waals surface area contributed by atoms with Crippen molar-refractivity contribution in [2.45, 2.75) is 32.1 Å². The van der Waals surface area contributed by atoms with Crippen molar-refractivity contribution < 1.29 is 9.18 Å². The minimum atomic E-state index is -0.531. The van der Waals surface area contributed by atoms with Gasteiger partial charge in [0, 0.05) is 6.07 Å². The zero-order valence-electron chi connectivity index (χ0n) is 10.4. The van der Waals surface area contributed by atoms with E-state index >= 15 is 0 Å². The van der Waals surface area contributed by atoms with Crippen molar-refractivity contribution in [2.24, 2.45) is 11.0 Å². The summed E-state index contributed by atoms with van der Waals surface area (Å²) in [6.07, 6.45) is 4.97. The maximum atomic E-state index is 13.4. The summed E-state index contributed by atoms with van der Waals surface area (Å²) in [7, 11) is 0. The highest BCUT2D eigenvalue weighted by Crippen LogP contribution is 2.32. The molecule has 1 aromatic carbocycles. The minimum Gasteiger partial charge on any atom is -0.272 e. The molecule has 5 heteroatoms. The summed E-state index contributed by atoms with van der Waals surface area (Å²) < 4.78 is 13.4. The van der Waals surface area contributed by atoms with Gasteiger partial charge >= 0.3 is 0 Å². The zero-order valence-corrected chi connectivity index (χ0v) is 11.2. The fourth-order valence-electron chi connectivity index (χ4n) is 2.75. The summed E-state index contributed by atoms with van der Waals surface area (Å²) in [5.41, 5.74) is 1.39. The monoisotopic (exact) mass is 280 g/mol. The van der Waals surface area contributed by atoms with Crippen molar-refractivity contribution in [3.05, 3.63) is 29.0 Å². The maximum absolute atomic E-state index is 13.4. The SMILES string of the molecule is O=C1CC(C2CCCC2)=NN1c1ccc(Cl)c(F)c1. The van der Waals surface area contributed by atoms with Gasteiger partial charge in [-0.3, -0.25) is 4.79 Å². The third-order valence-corrected chi connectivity index (χ3v) is 4.08. The van der Waals surface area contributed by atoms with Crippen LogP contribution in [0.2, 0.25) is 5.02 Å². The molecule has 19 heavy (non-hydrogen) atoms. The topological polar surface area (TPSA) is 32.7 Å². The third-order valence-electron chi connectivity index (χ3n) is 3.77. The molecule has 0 saturated heterocycles. The van der Waals surface area contributed by atoms with Crippen LogP contribution in [0.25, 0.3) is 0 Å². The third kappa shape index (κ3) is 2.37. The van der Waals surface area contributed by atoms with Gasteiger partial charge in [0.25, 0.3) is 5.91 Å². The molecule has 1 heterocycles. The van der Waals surface area contributed by atoms with Gasteiger partial charge in [-0.05, 0) is 30.9 Å². The number of nitrogens with zero attached hydrogens (tertiary/aromatic N) is 2. The average Bonchev–Trinajstić information content (AvgIpc) is 3.01. The molecule has 0 aromatic heterocycles. The van der Waals surface area contributed by atoms with Gasteiger partial charge in [-0.25, -0.2) is 9.40 Å². The number of hydrogen-bond acceptors (Lipinski definition) is 2. The van der Waals surface area contributed by atoms with E-state index in [0.717, 1.165) is 18.6 Å². The van der Waals surface area contributed by atoms with E-state index in [9.17, 15) is 9.18 Å². The van der Waals surface area contributed by atoms with Crippen molar-refractivity contribution in [2.75, 3.05) is 5.01 Å². The van der Waals surface area contributed by atoms with Gasteiger partial charge in [-0.15, -0.1) is 0 Å². The molecule has 0 N–H and O–H groups in total. The lowest BCUT2D eigenvalue weighted by atomic mass is 10.00. The fraction of sp³-hybridized carbons (Fsp3) is 0.429. The number of rotatable bonds is 2. The Balaban J connectivity index is 1.87. The molecular formula is C14H14ClFN2O. The summed E-state index contributed by atoms with van der Waals surface area (Å²) in [4.78, 5) is 12.0. The first-order chi connectivity index (χ1) is 9.15. The minimum absolute atomic E-state index is 0.0513. The molecule has 0 radical (unpaired) electrons. The van der Waals surface area contributed by atoms with E-state index < -0.39 is 5.82 Å². The highest BCUT2D eigenvalue weighted by molar-refractivity contribution is 6.30. The summed E-state index contributed by atoms with van der Waals surface area (Å²) in [5.74, 6) is -0.203. The second-order valence-electron chi connectivity index (χ2n) is 5.05. The van der Waals surface area contributed by atoms with E-state index in [1.807, 2.05) is 0 Å². The normalized spacial score (nSPS) is 20.2. The van der Waals surface area contributed by atoms with Gasteiger partial charge in [-0.2, -0.15) is 5.10 Å². The van der Waals surface area contributed by atoms with Crippen molar-refractivity contribution >= 4 is 28.9 Å². The van der Waals surface area contributed by atoms with Crippen molar-refractivity contribution in [1.82, 2.24) is 0 Å². The molecular weight excluding hydrogens is 267 g/mol. The predicted octanol–water partition coefficient (Wildman–Crippen LogP) is 3.76. The van der Waals surface area contributed by atoms with Crippen molar-refractivity contribution in [1.29, 1.82) is 0 Å². The van der Waals surface area contributed by atoms with Crippen LogP contribution in [0.3, 0.4) is 0 Å². The van der Waals surface area contributed by atoms with Gasteiger partial charge in [-0.1, -0.05) is 24.4 Å². The zero-order chi connectivity index (χ0) is 13.4. The second kappa shape index (κ2) is 4.93. The van der Waals surface area contributed by atoms with E-state index in [1.54, 1.807) is 6.07 Å². The van der Waals surface area contributed by atoms with Gasteiger partial charge < -0.3 is 0 Å². The Kier molecular flexibility index (Phi) is 3.27. The summed E-state index contributed by atoms with van der Waals surface area (Å²) >= 11 is 5.64. The van der Waals surface area contributed by atoms with Crippen LogP contribution in [0.4, 0.5) is 10.1 Å². The molecule has 100 valence electrons.